The molecule has 2 aromatic rings. The van der Waals surface area contributed by atoms with Crippen LogP contribution in [-0.4, -0.2) is 12.1 Å². The van der Waals surface area contributed by atoms with E-state index < -0.39 is 0 Å². The Morgan fingerprint density at radius 1 is 1.19 bits per heavy atom. The van der Waals surface area contributed by atoms with Gasteiger partial charge in [0.25, 0.3) is 0 Å². The van der Waals surface area contributed by atoms with Gasteiger partial charge in [-0.25, -0.2) is 4.98 Å². The number of benzene rings is 1. The SMILES string of the molecule is COc1ccc(Cc2cccnc2N)cc1. The summed E-state index contributed by atoms with van der Waals surface area (Å²) in [6, 6.07) is 11.8. The predicted molar refractivity (Wildman–Crippen MR) is 64.4 cm³/mol. The highest BCUT2D eigenvalue weighted by Gasteiger charge is 2.01. The van der Waals surface area contributed by atoms with E-state index in [2.05, 4.69) is 4.98 Å². The van der Waals surface area contributed by atoms with Gasteiger partial charge >= 0.3 is 0 Å². The molecule has 1 aromatic heterocycles. The maximum absolute atomic E-state index is 5.79. The van der Waals surface area contributed by atoms with Gasteiger partial charge in [-0.15, -0.1) is 0 Å². The zero-order chi connectivity index (χ0) is 11.4. The zero-order valence-corrected chi connectivity index (χ0v) is 9.18. The van der Waals surface area contributed by atoms with Gasteiger partial charge in [-0.05, 0) is 29.3 Å². The Labute approximate surface area is 94.9 Å². The summed E-state index contributed by atoms with van der Waals surface area (Å²) in [4.78, 5) is 4.06. The number of nitrogens with zero attached hydrogens (tertiary/aromatic N) is 1. The highest BCUT2D eigenvalue weighted by Crippen LogP contribution is 2.16. The van der Waals surface area contributed by atoms with Crippen molar-refractivity contribution in [3.63, 3.8) is 0 Å². The summed E-state index contributed by atoms with van der Waals surface area (Å²) in [6.45, 7) is 0. The van der Waals surface area contributed by atoms with Crippen LogP contribution in [0.2, 0.25) is 0 Å². The van der Waals surface area contributed by atoms with Gasteiger partial charge in [-0.1, -0.05) is 18.2 Å². The molecule has 0 aliphatic carbocycles. The Bertz CT molecular complexity index is 466. The number of nitrogen functional groups attached to an aromatic ring is 1. The number of pyridine rings is 1. The van der Waals surface area contributed by atoms with Crippen molar-refractivity contribution in [3.05, 3.63) is 53.7 Å². The molecule has 0 saturated carbocycles. The number of hydrogen-bond donors (Lipinski definition) is 1. The van der Waals surface area contributed by atoms with Crippen LogP contribution in [0.1, 0.15) is 11.1 Å². The van der Waals surface area contributed by atoms with Crippen molar-refractivity contribution in [2.75, 3.05) is 12.8 Å². The molecule has 0 aliphatic rings. The summed E-state index contributed by atoms with van der Waals surface area (Å²) < 4.78 is 5.11. The number of methoxy groups -OCH3 is 1. The molecule has 0 aliphatic heterocycles. The number of hydrogen-bond acceptors (Lipinski definition) is 3. The first kappa shape index (κ1) is 10.5. The molecule has 0 bridgehead atoms. The van der Waals surface area contributed by atoms with Crippen molar-refractivity contribution in [2.45, 2.75) is 6.42 Å². The number of anilines is 1. The number of rotatable bonds is 3. The smallest absolute Gasteiger partial charge is 0.126 e. The molecular formula is C13H14N2O. The van der Waals surface area contributed by atoms with Crippen molar-refractivity contribution in [1.29, 1.82) is 0 Å². The average molecular weight is 214 g/mol. The van der Waals surface area contributed by atoms with Crippen LogP contribution in [0.3, 0.4) is 0 Å². The van der Waals surface area contributed by atoms with Crippen LogP contribution in [0.15, 0.2) is 42.6 Å². The molecule has 1 heterocycles. The van der Waals surface area contributed by atoms with E-state index in [9.17, 15) is 0 Å². The first-order valence-electron chi connectivity index (χ1n) is 5.12. The van der Waals surface area contributed by atoms with Crippen molar-refractivity contribution < 1.29 is 4.74 Å². The highest BCUT2D eigenvalue weighted by atomic mass is 16.5. The van der Waals surface area contributed by atoms with E-state index in [1.165, 1.54) is 5.56 Å². The zero-order valence-electron chi connectivity index (χ0n) is 9.18. The van der Waals surface area contributed by atoms with E-state index in [4.69, 9.17) is 10.5 Å². The van der Waals surface area contributed by atoms with Gasteiger partial charge in [0, 0.05) is 12.6 Å². The third kappa shape index (κ3) is 2.31. The molecule has 1 aromatic carbocycles. The maximum atomic E-state index is 5.79. The Morgan fingerprint density at radius 2 is 1.94 bits per heavy atom. The Kier molecular flexibility index (Phi) is 3.05. The van der Waals surface area contributed by atoms with Gasteiger partial charge in [0.05, 0.1) is 7.11 Å². The van der Waals surface area contributed by atoms with Gasteiger partial charge in [0.1, 0.15) is 11.6 Å². The summed E-state index contributed by atoms with van der Waals surface area (Å²) in [6.07, 6.45) is 2.50. The molecule has 3 heteroatoms. The van der Waals surface area contributed by atoms with Gasteiger partial charge in [-0.2, -0.15) is 0 Å². The molecular weight excluding hydrogens is 200 g/mol. The first-order valence-corrected chi connectivity index (χ1v) is 5.12. The van der Waals surface area contributed by atoms with Crippen LogP contribution in [0.5, 0.6) is 5.75 Å². The highest BCUT2D eigenvalue weighted by molar-refractivity contribution is 5.42. The lowest BCUT2D eigenvalue weighted by molar-refractivity contribution is 0.414. The standard InChI is InChI=1S/C13H14N2O/c1-16-12-6-4-10(5-7-12)9-11-3-2-8-15-13(11)14/h2-8H,9H2,1H3,(H2,14,15). The normalized spacial score (nSPS) is 10.1. The molecule has 2 N–H and O–H groups in total. The Balaban J connectivity index is 2.18. The number of ether oxygens (including phenoxy) is 1. The summed E-state index contributed by atoms with van der Waals surface area (Å²) in [7, 11) is 1.66. The molecule has 0 amide bonds. The van der Waals surface area contributed by atoms with Crippen LogP contribution in [0, 0.1) is 0 Å². The van der Waals surface area contributed by atoms with Crippen molar-refractivity contribution in [2.24, 2.45) is 0 Å². The van der Waals surface area contributed by atoms with Gasteiger partial charge < -0.3 is 10.5 Å². The molecule has 0 spiro atoms. The number of aromatic nitrogens is 1. The third-order valence-electron chi connectivity index (χ3n) is 2.48. The van der Waals surface area contributed by atoms with E-state index in [1.807, 2.05) is 36.4 Å². The van der Waals surface area contributed by atoms with Crippen molar-refractivity contribution >= 4 is 5.82 Å². The Hall–Kier alpha value is -2.03. The average Bonchev–Trinajstić information content (AvgIpc) is 2.33. The van der Waals surface area contributed by atoms with E-state index >= 15 is 0 Å². The van der Waals surface area contributed by atoms with E-state index in [1.54, 1.807) is 13.3 Å². The minimum atomic E-state index is 0.596. The van der Waals surface area contributed by atoms with Crippen molar-refractivity contribution in [3.8, 4) is 5.75 Å². The molecule has 0 atom stereocenters. The summed E-state index contributed by atoms with van der Waals surface area (Å²) in [5.74, 6) is 1.46. The second-order valence-electron chi connectivity index (χ2n) is 3.57. The molecule has 0 radical (unpaired) electrons. The molecule has 0 saturated heterocycles. The monoisotopic (exact) mass is 214 g/mol. The van der Waals surface area contributed by atoms with E-state index in [0.717, 1.165) is 17.7 Å². The molecule has 82 valence electrons. The second kappa shape index (κ2) is 4.66. The van der Waals surface area contributed by atoms with Gasteiger partial charge in [0.15, 0.2) is 0 Å². The maximum Gasteiger partial charge on any atom is 0.126 e. The van der Waals surface area contributed by atoms with Crippen molar-refractivity contribution in [1.82, 2.24) is 4.98 Å². The lowest BCUT2D eigenvalue weighted by Gasteiger charge is -2.05. The van der Waals surface area contributed by atoms with Crippen LogP contribution in [-0.2, 0) is 6.42 Å². The lowest BCUT2D eigenvalue weighted by Crippen LogP contribution is -1.97. The van der Waals surface area contributed by atoms with E-state index in [0.29, 0.717) is 5.82 Å². The first-order chi connectivity index (χ1) is 7.79. The van der Waals surface area contributed by atoms with Crippen LogP contribution >= 0.6 is 0 Å². The van der Waals surface area contributed by atoms with Crippen LogP contribution in [0.4, 0.5) is 5.82 Å². The molecule has 2 rings (SSSR count). The summed E-state index contributed by atoms with van der Waals surface area (Å²) >= 11 is 0. The van der Waals surface area contributed by atoms with E-state index in [-0.39, 0.29) is 0 Å². The second-order valence-corrected chi connectivity index (χ2v) is 3.57. The topological polar surface area (TPSA) is 48.1 Å². The summed E-state index contributed by atoms with van der Waals surface area (Å²) in [5, 5.41) is 0. The van der Waals surface area contributed by atoms with Gasteiger partial charge in [-0.3, -0.25) is 0 Å². The third-order valence-corrected chi connectivity index (χ3v) is 2.48. The summed E-state index contributed by atoms with van der Waals surface area (Å²) in [5.41, 5.74) is 8.03. The largest absolute Gasteiger partial charge is 0.497 e. The fourth-order valence-corrected chi connectivity index (χ4v) is 1.56. The molecule has 0 fully saturated rings. The van der Waals surface area contributed by atoms with Gasteiger partial charge in [0.2, 0.25) is 0 Å². The fraction of sp³-hybridized carbons (Fsp3) is 0.154. The predicted octanol–water partition coefficient (Wildman–Crippen LogP) is 2.26. The quantitative estimate of drug-likeness (QED) is 0.852. The molecule has 3 nitrogen and oxygen atoms in total. The molecule has 0 unspecified atom stereocenters. The number of nitrogens with two attached hydrogens (primary N) is 1. The van der Waals surface area contributed by atoms with Crippen LogP contribution < -0.4 is 10.5 Å². The lowest BCUT2D eigenvalue weighted by atomic mass is 10.1. The minimum Gasteiger partial charge on any atom is -0.497 e. The Morgan fingerprint density at radius 3 is 2.56 bits per heavy atom. The molecule has 16 heavy (non-hydrogen) atoms. The fourth-order valence-electron chi connectivity index (χ4n) is 1.56. The minimum absolute atomic E-state index is 0.596. The van der Waals surface area contributed by atoms with Crippen LogP contribution in [0.25, 0.3) is 0 Å².